The number of pyridine rings is 2. The topological polar surface area (TPSA) is 60.8 Å². The van der Waals surface area contributed by atoms with Crippen molar-refractivity contribution in [2.75, 3.05) is 6.61 Å². The fraction of sp³-hybridized carbons (Fsp3) is 0.333. The van der Waals surface area contributed by atoms with Crippen LogP contribution >= 0.6 is 0 Å². The summed E-state index contributed by atoms with van der Waals surface area (Å²) in [6.07, 6.45) is 8.52. The lowest BCUT2D eigenvalue weighted by Crippen LogP contribution is -2.06. The largest absolute Gasteiger partial charge is 0.477 e. The lowest BCUT2D eigenvalue weighted by atomic mass is 10.1. The summed E-state index contributed by atoms with van der Waals surface area (Å²) in [7, 11) is 0. The van der Waals surface area contributed by atoms with Crippen LogP contribution in [0.15, 0.2) is 43.0 Å². The number of hydrogen-bond acceptors (Lipinski definition) is 5. The van der Waals surface area contributed by atoms with Gasteiger partial charge in [0.25, 0.3) is 0 Å². The first-order valence-electron chi connectivity index (χ1n) is 8.92. The van der Waals surface area contributed by atoms with Gasteiger partial charge >= 0.3 is 0 Å². The number of hydrogen-bond donors (Lipinski definition) is 0. The Hall–Kier alpha value is -2.82. The molecular formula is C21H22N4O. The average molecular weight is 346 g/mol. The van der Waals surface area contributed by atoms with Gasteiger partial charge in [0.15, 0.2) is 0 Å². The van der Waals surface area contributed by atoms with Crippen molar-refractivity contribution in [3.8, 4) is 17.0 Å². The normalized spacial score (nSPS) is 18.6. The minimum Gasteiger partial charge on any atom is -0.477 e. The molecule has 0 saturated heterocycles. The maximum absolute atomic E-state index is 6.13. The van der Waals surface area contributed by atoms with E-state index in [0.29, 0.717) is 30.1 Å². The van der Waals surface area contributed by atoms with Crippen LogP contribution in [0.2, 0.25) is 0 Å². The van der Waals surface area contributed by atoms with Gasteiger partial charge in [0.2, 0.25) is 5.88 Å². The molecule has 0 bridgehead atoms. The van der Waals surface area contributed by atoms with Crippen molar-refractivity contribution in [2.45, 2.75) is 33.1 Å². The molecule has 1 aliphatic carbocycles. The fourth-order valence-corrected chi connectivity index (χ4v) is 3.20. The molecule has 26 heavy (non-hydrogen) atoms. The summed E-state index contributed by atoms with van der Waals surface area (Å²) in [6, 6.07) is 6.23. The zero-order chi connectivity index (χ0) is 18.1. The van der Waals surface area contributed by atoms with Gasteiger partial charge in [-0.05, 0) is 56.0 Å². The molecule has 132 valence electrons. The molecule has 0 radical (unpaired) electrons. The second-order valence-electron chi connectivity index (χ2n) is 7.00. The molecule has 0 N–H and O–H groups in total. The van der Waals surface area contributed by atoms with Crippen molar-refractivity contribution in [1.82, 2.24) is 19.9 Å². The summed E-state index contributed by atoms with van der Waals surface area (Å²) in [5.41, 5.74) is 5.41. The summed E-state index contributed by atoms with van der Waals surface area (Å²) < 4.78 is 6.13. The summed E-state index contributed by atoms with van der Waals surface area (Å²) >= 11 is 0. The van der Waals surface area contributed by atoms with Crippen molar-refractivity contribution in [3.05, 3.63) is 65.6 Å². The van der Waals surface area contributed by atoms with Crippen LogP contribution in [0, 0.1) is 26.7 Å². The molecule has 1 fully saturated rings. The third-order valence-corrected chi connectivity index (χ3v) is 4.86. The van der Waals surface area contributed by atoms with Crippen LogP contribution in [0.1, 0.15) is 35.0 Å². The molecule has 3 aromatic heterocycles. The van der Waals surface area contributed by atoms with E-state index in [2.05, 4.69) is 39.0 Å². The van der Waals surface area contributed by atoms with Gasteiger partial charge in [0.05, 0.1) is 12.2 Å². The minimum absolute atomic E-state index is 0.490. The first-order chi connectivity index (χ1) is 12.6. The Kier molecular flexibility index (Phi) is 4.37. The Balaban J connectivity index is 1.50. The highest BCUT2D eigenvalue weighted by Crippen LogP contribution is 2.47. The van der Waals surface area contributed by atoms with E-state index in [1.165, 1.54) is 5.56 Å². The van der Waals surface area contributed by atoms with Gasteiger partial charge in [-0.15, -0.1) is 0 Å². The van der Waals surface area contributed by atoms with Gasteiger partial charge < -0.3 is 4.74 Å². The summed E-state index contributed by atoms with van der Waals surface area (Å²) in [6.45, 7) is 6.62. The van der Waals surface area contributed by atoms with E-state index in [4.69, 9.17) is 4.74 Å². The van der Waals surface area contributed by atoms with E-state index in [0.717, 1.165) is 28.8 Å². The predicted octanol–water partition coefficient (Wildman–Crippen LogP) is 4.04. The lowest BCUT2D eigenvalue weighted by Gasteiger charge is -2.12. The standard InChI is InChI=1S/C21H22N4O/c1-13-4-5-20(24-9-13)18-8-16(18)12-26-21-19(11-23-15(3)25-21)17-6-7-22-10-14(17)2/h4-7,9-11,16,18H,8,12H2,1-3H3. The number of aryl methyl sites for hydroxylation is 3. The van der Waals surface area contributed by atoms with Gasteiger partial charge in [0, 0.05) is 42.3 Å². The Morgan fingerprint density at radius 3 is 2.65 bits per heavy atom. The minimum atomic E-state index is 0.490. The molecule has 5 heteroatoms. The van der Waals surface area contributed by atoms with Crippen LogP contribution in [-0.4, -0.2) is 26.5 Å². The molecule has 3 heterocycles. The van der Waals surface area contributed by atoms with Gasteiger partial charge in [-0.25, -0.2) is 4.98 Å². The van der Waals surface area contributed by atoms with E-state index >= 15 is 0 Å². The number of aromatic nitrogens is 4. The van der Waals surface area contributed by atoms with E-state index < -0.39 is 0 Å². The highest BCUT2D eigenvalue weighted by Gasteiger charge is 2.40. The maximum atomic E-state index is 6.13. The van der Waals surface area contributed by atoms with E-state index in [1.807, 2.05) is 38.5 Å². The summed E-state index contributed by atoms with van der Waals surface area (Å²) in [4.78, 5) is 17.6. The van der Waals surface area contributed by atoms with Crippen LogP contribution in [0.3, 0.4) is 0 Å². The zero-order valence-corrected chi connectivity index (χ0v) is 15.3. The van der Waals surface area contributed by atoms with Crippen LogP contribution < -0.4 is 4.74 Å². The molecule has 3 aromatic rings. The molecule has 1 saturated carbocycles. The van der Waals surface area contributed by atoms with Crippen molar-refractivity contribution in [3.63, 3.8) is 0 Å². The Labute approximate surface area is 153 Å². The number of ether oxygens (including phenoxy) is 1. The Morgan fingerprint density at radius 2 is 1.88 bits per heavy atom. The smallest absolute Gasteiger partial charge is 0.224 e. The summed E-state index contributed by atoms with van der Waals surface area (Å²) in [5.74, 6) is 2.34. The van der Waals surface area contributed by atoms with E-state index in [-0.39, 0.29) is 0 Å². The van der Waals surface area contributed by atoms with Crippen LogP contribution in [0.4, 0.5) is 0 Å². The molecule has 0 amide bonds. The van der Waals surface area contributed by atoms with Gasteiger partial charge in [-0.3, -0.25) is 9.97 Å². The lowest BCUT2D eigenvalue weighted by molar-refractivity contribution is 0.285. The molecule has 2 atom stereocenters. The second-order valence-corrected chi connectivity index (χ2v) is 7.00. The van der Waals surface area contributed by atoms with Crippen LogP contribution in [0.25, 0.3) is 11.1 Å². The molecule has 0 aromatic carbocycles. The maximum Gasteiger partial charge on any atom is 0.224 e. The van der Waals surface area contributed by atoms with Crippen molar-refractivity contribution >= 4 is 0 Å². The fourth-order valence-electron chi connectivity index (χ4n) is 3.20. The van der Waals surface area contributed by atoms with Gasteiger partial charge in [-0.1, -0.05) is 6.07 Å². The first-order valence-corrected chi connectivity index (χ1v) is 8.92. The molecule has 1 aliphatic rings. The predicted molar refractivity (Wildman–Crippen MR) is 100 cm³/mol. The molecule has 0 aliphatic heterocycles. The molecule has 4 rings (SSSR count). The van der Waals surface area contributed by atoms with E-state index in [9.17, 15) is 0 Å². The second kappa shape index (κ2) is 6.83. The molecule has 0 spiro atoms. The number of rotatable bonds is 5. The third kappa shape index (κ3) is 3.43. The van der Waals surface area contributed by atoms with Crippen LogP contribution in [0.5, 0.6) is 5.88 Å². The average Bonchev–Trinajstić information content (AvgIpc) is 3.41. The monoisotopic (exact) mass is 346 g/mol. The SMILES string of the molecule is Cc1ccc(C2CC2COc2nc(C)ncc2-c2ccncc2C)nc1. The Bertz CT molecular complexity index is 924. The summed E-state index contributed by atoms with van der Waals surface area (Å²) in [5, 5.41) is 0. The highest BCUT2D eigenvalue weighted by molar-refractivity contribution is 5.70. The molecular weight excluding hydrogens is 324 g/mol. The van der Waals surface area contributed by atoms with Crippen molar-refractivity contribution < 1.29 is 4.74 Å². The first kappa shape index (κ1) is 16.6. The van der Waals surface area contributed by atoms with Crippen LogP contribution in [-0.2, 0) is 0 Å². The number of nitrogens with zero attached hydrogens (tertiary/aromatic N) is 4. The molecule has 5 nitrogen and oxygen atoms in total. The quantitative estimate of drug-likeness (QED) is 0.698. The zero-order valence-electron chi connectivity index (χ0n) is 15.3. The van der Waals surface area contributed by atoms with Crippen molar-refractivity contribution in [1.29, 1.82) is 0 Å². The Morgan fingerprint density at radius 1 is 1.00 bits per heavy atom. The molecule has 2 unspecified atom stereocenters. The van der Waals surface area contributed by atoms with Gasteiger partial charge in [0.1, 0.15) is 5.82 Å². The van der Waals surface area contributed by atoms with E-state index in [1.54, 1.807) is 6.20 Å². The highest BCUT2D eigenvalue weighted by atomic mass is 16.5. The van der Waals surface area contributed by atoms with Crippen molar-refractivity contribution in [2.24, 2.45) is 5.92 Å². The van der Waals surface area contributed by atoms with Gasteiger partial charge in [-0.2, -0.15) is 4.98 Å². The third-order valence-electron chi connectivity index (χ3n) is 4.86.